The number of fused-ring (bicyclic) bond motifs is 1. The zero-order valence-corrected chi connectivity index (χ0v) is 14.8. The summed E-state index contributed by atoms with van der Waals surface area (Å²) in [6.07, 6.45) is 0. The summed E-state index contributed by atoms with van der Waals surface area (Å²) in [6.45, 7) is 6.23. The number of halogens is 1. The molecule has 0 radical (unpaired) electrons. The summed E-state index contributed by atoms with van der Waals surface area (Å²) >= 11 is 6.30. The van der Waals surface area contributed by atoms with E-state index in [0.717, 1.165) is 5.56 Å². The highest BCUT2D eigenvalue weighted by atomic mass is 35.5. The van der Waals surface area contributed by atoms with Gasteiger partial charge in [-0.1, -0.05) is 41.4 Å². The molecular weight excluding hydrogens is 326 g/mol. The first kappa shape index (κ1) is 16.5. The summed E-state index contributed by atoms with van der Waals surface area (Å²) in [7, 11) is 1.34. The topological polar surface area (TPSA) is 57.0 Å². The minimum Gasteiger partial charge on any atom is -0.465 e. The molecule has 0 fully saturated rings. The molecule has 2 heterocycles. The fourth-order valence-corrected chi connectivity index (χ4v) is 2.96. The second-order valence-electron chi connectivity index (χ2n) is 5.81. The van der Waals surface area contributed by atoms with E-state index in [-0.39, 0.29) is 0 Å². The third-order valence-electron chi connectivity index (χ3n) is 4.00. The molecule has 6 heteroatoms. The highest BCUT2D eigenvalue weighted by Gasteiger charge is 2.23. The lowest BCUT2D eigenvalue weighted by Gasteiger charge is -2.08. The smallest absolute Gasteiger partial charge is 0.340 e. The van der Waals surface area contributed by atoms with Crippen molar-refractivity contribution in [2.24, 2.45) is 0 Å². The average molecular weight is 344 g/mol. The SMILES string of the molecule is COC(=O)c1c(Cl)c(C)nc2c1c(C)nn2Cc1ccc(C)cc1. The van der Waals surface area contributed by atoms with E-state index in [1.165, 1.54) is 12.7 Å². The van der Waals surface area contributed by atoms with Crippen LogP contribution < -0.4 is 0 Å². The van der Waals surface area contributed by atoms with Crippen LogP contribution in [-0.4, -0.2) is 27.8 Å². The number of carbonyl (C=O) groups is 1. The minimum atomic E-state index is -0.478. The van der Waals surface area contributed by atoms with Gasteiger partial charge in [-0.3, -0.25) is 0 Å². The largest absolute Gasteiger partial charge is 0.465 e. The number of aromatic nitrogens is 3. The number of pyridine rings is 1. The fourth-order valence-electron chi connectivity index (χ4n) is 2.74. The van der Waals surface area contributed by atoms with E-state index >= 15 is 0 Å². The molecule has 0 atom stereocenters. The average Bonchev–Trinajstić information content (AvgIpc) is 2.85. The normalized spacial score (nSPS) is 11.0. The zero-order valence-electron chi connectivity index (χ0n) is 14.1. The van der Waals surface area contributed by atoms with E-state index in [9.17, 15) is 4.79 Å². The van der Waals surface area contributed by atoms with Gasteiger partial charge in [0.15, 0.2) is 5.65 Å². The van der Waals surface area contributed by atoms with Gasteiger partial charge in [0.2, 0.25) is 0 Å². The minimum absolute atomic E-state index is 0.312. The second kappa shape index (κ2) is 6.24. The van der Waals surface area contributed by atoms with Crippen LogP contribution in [0.4, 0.5) is 0 Å². The zero-order chi connectivity index (χ0) is 17.4. The van der Waals surface area contributed by atoms with Crippen LogP contribution in [0.1, 0.15) is 32.9 Å². The quantitative estimate of drug-likeness (QED) is 0.678. The lowest BCUT2D eigenvalue weighted by Crippen LogP contribution is -2.07. The Balaban J connectivity index is 2.19. The molecular formula is C18H18ClN3O2. The van der Waals surface area contributed by atoms with Crippen molar-refractivity contribution in [2.45, 2.75) is 27.3 Å². The molecule has 0 saturated heterocycles. The van der Waals surface area contributed by atoms with E-state index in [2.05, 4.69) is 34.3 Å². The molecule has 0 N–H and O–H groups in total. The Morgan fingerprint density at radius 1 is 1.17 bits per heavy atom. The fraction of sp³-hybridized carbons (Fsp3) is 0.278. The first-order valence-corrected chi connectivity index (χ1v) is 7.97. The number of ether oxygens (including phenoxy) is 1. The molecule has 0 bridgehead atoms. The van der Waals surface area contributed by atoms with Crippen LogP contribution in [0.5, 0.6) is 0 Å². The maximum absolute atomic E-state index is 12.2. The van der Waals surface area contributed by atoms with Crippen molar-refractivity contribution in [3.05, 3.63) is 57.4 Å². The van der Waals surface area contributed by atoms with Crippen molar-refractivity contribution in [3.63, 3.8) is 0 Å². The van der Waals surface area contributed by atoms with E-state index < -0.39 is 5.97 Å². The number of aryl methyl sites for hydroxylation is 3. The van der Waals surface area contributed by atoms with Crippen molar-refractivity contribution in [3.8, 4) is 0 Å². The molecule has 5 nitrogen and oxygen atoms in total. The summed E-state index contributed by atoms with van der Waals surface area (Å²) in [5.41, 5.74) is 4.55. The van der Waals surface area contributed by atoms with Gasteiger partial charge in [0.1, 0.15) is 0 Å². The van der Waals surface area contributed by atoms with Gasteiger partial charge in [-0.05, 0) is 26.3 Å². The summed E-state index contributed by atoms with van der Waals surface area (Å²) in [5.74, 6) is -0.478. The second-order valence-corrected chi connectivity index (χ2v) is 6.18. The molecule has 24 heavy (non-hydrogen) atoms. The van der Waals surface area contributed by atoms with E-state index in [0.29, 0.717) is 39.6 Å². The molecule has 3 rings (SSSR count). The monoisotopic (exact) mass is 343 g/mol. The standard InChI is InChI=1S/C18H18ClN3O2/c1-10-5-7-13(8-6-10)9-22-17-14(11(2)21-22)15(18(23)24-4)16(19)12(3)20-17/h5-8H,9H2,1-4H3. The Kier molecular flexibility index (Phi) is 4.28. The number of carbonyl (C=O) groups excluding carboxylic acids is 1. The predicted molar refractivity (Wildman–Crippen MR) is 93.6 cm³/mol. The van der Waals surface area contributed by atoms with Gasteiger partial charge in [0.05, 0.1) is 41.0 Å². The van der Waals surface area contributed by atoms with Gasteiger partial charge >= 0.3 is 5.97 Å². The van der Waals surface area contributed by atoms with E-state index in [1.54, 1.807) is 11.6 Å². The molecule has 0 saturated carbocycles. The molecule has 0 aliphatic carbocycles. The van der Waals surface area contributed by atoms with Crippen LogP contribution in [0.15, 0.2) is 24.3 Å². The van der Waals surface area contributed by atoms with Crippen molar-refractivity contribution in [1.29, 1.82) is 0 Å². The van der Waals surface area contributed by atoms with Gasteiger partial charge in [0.25, 0.3) is 0 Å². The van der Waals surface area contributed by atoms with Crippen LogP contribution in [0.2, 0.25) is 5.02 Å². The van der Waals surface area contributed by atoms with Crippen LogP contribution in [0.3, 0.4) is 0 Å². The number of methoxy groups -OCH3 is 1. The summed E-state index contributed by atoms with van der Waals surface area (Å²) in [4.78, 5) is 16.7. The maximum atomic E-state index is 12.2. The number of esters is 1. The third-order valence-corrected chi connectivity index (χ3v) is 4.47. The van der Waals surface area contributed by atoms with Crippen molar-refractivity contribution in [1.82, 2.24) is 14.8 Å². The Hall–Kier alpha value is -2.40. The Labute approximate surface area is 145 Å². The summed E-state index contributed by atoms with van der Waals surface area (Å²) < 4.78 is 6.68. The number of hydrogen-bond acceptors (Lipinski definition) is 4. The number of nitrogens with zero attached hydrogens (tertiary/aromatic N) is 3. The molecule has 0 aliphatic rings. The predicted octanol–water partition coefficient (Wildman–Crippen LogP) is 3.84. The number of hydrogen-bond donors (Lipinski definition) is 0. The van der Waals surface area contributed by atoms with Crippen molar-refractivity contribution < 1.29 is 9.53 Å². The lowest BCUT2D eigenvalue weighted by atomic mass is 10.1. The molecule has 0 spiro atoms. The highest BCUT2D eigenvalue weighted by Crippen LogP contribution is 2.30. The Morgan fingerprint density at radius 2 is 1.83 bits per heavy atom. The van der Waals surface area contributed by atoms with Gasteiger partial charge in [-0.2, -0.15) is 5.10 Å². The van der Waals surface area contributed by atoms with Crippen LogP contribution in [0.25, 0.3) is 11.0 Å². The van der Waals surface area contributed by atoms with Gasteiger partial charge in [-0.25, -0.2) is 14.5 Å². The Bertz CT molecular complexity index is 930. The molecule has 124 valence electrons. The molecule has 0 amide bonds. The first-order chi connectivity index (χ1) is 11.4. The van der Waals surface area contributed by atoms with Gasteiger partial charge < -0.3 is 4.74 Å². The highest BCUT2D eigenvalue weighted by molar-refractivity contribution is 6.35. The van der Waals surface area contributed by atoms with Gasteiger partial charge in [-0.15, -0.1) is 0 Å². The van der Waals surface area contributed by atoms with Crippen LogP contribution in [-0.2, 0) is 11.3 Å². The molecule has 1 aromatic carbocycles. The molecule has 3 aromatic rings. The third kappa shape index (κ3) is 2.76. The lowest BCUT2D eigenvalue weighted by molar-refractivity contribution is 0.0603. The first-order valence-electron chi connectivity index (χ1n) is 7.59. The summed E-state index contributed by atoms with van der Waals surface area (Å²) in [6, 6.07) is 8.23. The summed E-state index contributed by atoms with van der Waals surface area (Å²) in [5, 5.41) is 5.51. The van der Waals surface area contributed by atoms with Gasteiger partial charge in [0, 0.05) is 0 Å². The van der Waals surface area contributed by atoms with E-state index in [1.807, 2.05) is 13.8 Å². The number of rotatable bonds is 3. The van der Waals surface area contributed by atoms with Crippen LogP contribution >= 0.6 is 11.6 Å². The van der Waals surface area contributed by atoms with Crippen molar-refractivity contribution in [2.75, 3.05) is 7.11 Å². The Morgan fingerprint density at radius 3 is 2.46 bits per heavy atom. The molecule has 2 aromatic heterocycles. The van der Waals surface area contributed by atoms with E-state index in [4.69, 9.17) is 16.3 Å². The maximum Gasteiger partial charge on any atom is 0.340 e. The number of benzene rings is 1. The van der Waals surface area contributed by atoms with Crippen molar-refractivity contribution >= 4 is 28.6 Å². The molecule has 0 unspecified atom stereocenters. The molecule has 0 aliphatic heterocycles. The van der Waals surface area contributed by atoms with Crippen LogP contribution in [0, 0.1) is 20.8 Å².